The van der Waals surface area contributed by atoms with Crippen molar-refractivity contribution in [3.05, 3.63) is 64.3 Å². The van der Waals surface area contributed by atoms with Crippen LogP contribution in [0.5, 0.6) is 5.75 Å². The Labute approximate surface area is 143 Å². The maximum atomic E-state index is 13.0. The first-order valence-corrected chi connectivity index (χ1v) is 8.32. The normalized spacial score (nSPS) is 17.0. The molecule has 0 fully saturated rings. The van der Waals surface area contributed by atoms with Gasteiger partial charge < -0.3 is 9.72 Å². The van der Waals surface area contributed by atoms with Gasteiger partial charge in [-0.2, -0.15) is 0 Å². The first kappa shape index (κ1) is 14.2. The standard InChI is InChI=1S/C21H15NO3/c1-11-10-25-17-7-6-14-19(18(17)20(11)23)22-16-9-13-5-3-2-4-12(13)8-15(16)21(14)24/h2-9,11H,10H2,1H3,(H,22,24). The van der Waals surface area contributed by atoms with Gasteiger partial charge in [-0.1, -0.05) is 31.2 Å². The maximum absolute atomic E-state index is 13.0. The fourth-order valence-corrected chi connectivity index (χ4v) is 3.62. The second-order valence-electron chi connectivity index (χ2n) is 6.64. The number of hydrogen-bond donors (Lipinski definition) is 1. The van der Waals surface area contributed by atoms with E-state index < -0.39 is 0 Å². The molecular formula is C21H15NO3. The highest BCUT2D eigenvalue weighted by Crippen LogP contribution is 2.33. The molecule has 0 spiro atoms. The van der Waals surface area contributed by atoms with Crippen LogP contribution >= 0.6 is 0 Å². The molecule has 0 bridgehead atoms. The molecule has 4 nitrogen and oxygen atoms in total. The Morgan fingerprint density at radius 3 is 2.56 bits per heavy atom. The van der Waals surface area contributed by atoms with Gasteiger partial charge in [0.25, 0.3) is 0 Å². The summed E-state index contributed by atoms with van der Waals surface area (Å²) < 4.78 is 5.69. The van der Waals surface area contributed by atoms with Crippen LogP contribution in [-0.2, 0) is 0 Å². The number of ketones is 1. The molecule has 1 unspecified atom stereocenters. The molecule has 2 heterocycles. The number of pyridine rings is 1. The van der Waals surface area contributed by atoms with Gasteiger partial charge >= 0.3 is 0 Å². The first-order chi connectivity index (χ1) is 12.1. The van der Waals surface area contributed by atoms with Crippen molar-refractivity contribution in [1.82, 2.24) is 4.98 Å². The number of H-pyrrole nitrogens is 1. The van der Waals surface area contributed by atoms with Gasteiger partial charge in [-0.05, 0) is 35.0 Å². The van der Waals surface area contributed by atoms with Gasteiger partial charge in [0.05, 0.1) is 29.1 Å². The molecule has 1 N–H and O–H groups in total. The van der Waals surface area contributed by atoms with Crippen molar-refractivity contribution in [2.24, 2.45) is 5.92 Å². The average molecular weight is 329 g/mol. The van der Waals surface area contributed by atoms with E-state index >= 15 is 0 Å². The van der Waals surface area contributed by atoms with Crippen LogP contribution in [0.25, 0.3) is 32.6 Å². The number of hydrogen-bond acceptors (Lipinski definition) is 3. The van der Waals surface area contributed by atoms with Gasteiger partial charge in [-0.15, -0.1) is 0 Å². The number of nitrogens with one attached hydrogen (secondary N) is 1. The zero-order valence-electron chi connectivity index (χ0n) is 13.6. The summed E-state index contributed by atoms with van der Waals surface area (Å²) in [6.45, 7) is 2.22. The van der Waals surface area contributed by atoms with E-state index in [2.05, 4.69) is 4.98 Å². The van der Waals surface area contributed by atoms with Crippen molar-refractivity contribution in [1.29, 1.82) is 0 Å². The second-order valence-corrected chi connectivity index (χ2v) is 6.64. The number of ether oxygens (including phenoxy) is 1. The summed E-state index contributed by atoms with van der Waals surface area (Å²) in [5.74, 6) is 0.350. The minimum absolute atomic E-state index is 0.0163. The van der Waals surface area contributed by atoms with E-state index in [0.717, 1.165) is 16.3 Å². The predicted molar refractivity (Wildman–Crippen MR) is 98.6 cm³/mol. The molecule has 0 radical (unpaired) electrons. The molecule has 1 aliphatic heterocycles. The molecular weight excluding hydrogens is 314 g/mol. The lowest BCUT2D eigenvalue weighted by Crippen LogP contribution is -2.26. The SMILES string of the molecule is CC1COc2ccc3c(=O)c4cc5ccccc5cc4[nH]c3c2C1=O. The largest absolute Gasteiger partial charge is 0.492 e. The van der Waals surface area contributed by atoms with Crippen molar-refractivity contribution in [2.75, 3.05) is 6.61 Å². The third-order valence-corrected chi connectivity index (χ3v) is 4.98. The van der Waals surface area contributed by atoms with Crippen LogP contribution < -0.4 is 10.2 Å². The Kier molecular flexibility index (Phi) is 2.80. The Bertz CT molecular complexity index is 1250. The van der Waals surface area contributed by atoms with Crippen molar-refractivity contribution < 1.29 is 9.53 Å². The molecule has 0 saturated carbocycles. The van der Waals surface area contributed by atoms with E-state index in [0.29, 0.717) is 34.2 Å². The summed E-state index contributed by atoms with van der Waals surface area (Å²) in [6, 6.07) is 15.3. The Hall–Kier alpha value is -3.14. The van der Waals surface area contributed by atoms with E-state index in [1.807, 2.05) is 43.3 Å². The minimum Gasteiger partial charge on any atom is -0.492 e. The Morgan fingerprint density at radius 2 is 1.76 bits per heavy atom. The third kappa shape index (κ3) is 1.94. The van der Waals surface area contributed by atoms with Crippen molar-refractivity contribution in [3.63, 3.8) is 0 Å². The molecule has 1 aromatic heterocycles. The van der Waals surface area contributed by atoms with E-state index in [-0.39, 0.29) is 17.1 Å². The third-order valence-electron chi connectivity index (χ3n) is 4.98. The first-order valence-electron chi connectivity index (χ1n) is 8.32. The molecule has 1 aliphatic rings. The molecule has 122 valence electrons. The number of benzene rings is 3. The molecule has 0 saturated heterocycles. The van der Waals surface area contributed by atoms with Gasteiger partial charge in [0, 0.05) is 10.8 Å². The summed E-state index contributed by atoms with van der Waals surface area (Å²) in [5, 5.41) is 3.22. The van der Waals surface area contributed by atoms with Crippen LogP contribution in [0.1, 0.15) is 17.3 Å². The van der Waals surface area contributed by atoms with Gasteiger partial charge in [0.15, 0.2) is 11.2 Å². The molecule has 0 aliphatic carbocycles. The van der Waals surface area contributed by atoms with Gasteiger partial charge in [0.2, 0.25) is 0 Å². The molecule has 0 amide bonds. The van der Waals surface area contributed by atoms with Crippen LogP contribution in [0.15, 0.2) is 53.3 Å². The number of aromatic nitrogens is 1. The number of Topliss-reactive ketones (excluding diaryl/α,β-unsaturated/α-hetero) is 1. The average Bonchev–Trinajstić information content (AvgIpc) is 2.63. The van der Waals surface area contributed by atoms with Gasteiger partial charge in [-0.25, -0.2) is 0 Å². The van der Waals surface area contributed by atoms with Crippen molar-refractivity contribution in [3.8, 4) is 5.75 Å². The van der Waals surface area contributed by atoms with Crippen LogP contribution in [0.4, 0.5) is 0 Å². The molecule has 3 aromatic carbocycles. The predicted octanol–water partition coefficient (Wildman–Crippen LogP) is 4.05. The quantitative estimate of drug-likeness (QED) is 0.495. The van der Waals surface area contributed by atoms with Crippen molar-refractivity contribution >= 4 is 38.4 Å². The highest BCUT2D eigenvalue weighted by atomic mass is 16.5. The zero-order chi connectivity index (χ0) is 17.1. The van der Waals surface area contributed by atoms with E-state index in [1.54, 1.807) is 12.1 Å². The molecule has 25 heavy (non-hydrogen) atoms. The fraction of sp³-hybridized carbons (Fsp3) is 0.143. The number of carbonyl (C=O) groups is 1. The Balaban J connectivity index is 1.96. The molecule has 4 aromatic rings. The molecule has 4 heteroatoms. The van der Waals surface area contributed by atoms with Crippen LogP contribution in [-0.4, -0.2) is 17.4 Å². The molecule has 1 atom stereocenters. The van der Waals surface area contributed by atoms with Gasteiger partial charge in [-0.3, -0.25) is 9.59 Å². The lowest BCUT2D eigenvalue weighted by Gasteiger charge is -2.22. The smallest absolute Gasteiger partial charge is 0.197 e. The Morgan fingerprint density at radius 1 is 1.00 bits per heavy atom. The summed E-state index contributed by atoms with van der Waals surface area (Å²) in [5.41, 5.74) is 1.73. The summed E-state index contributed by atoms with van der Waals surface area (Å²) in [7, 11) is 0. The van der Waals surface area contributed by atoms with Crippen LogP contribution in [0.3, 0.4) is 0 Å². The summed E-state index contributed by atoms with van der Waals surface area (Å²) in [6.07, 6.45) is 0. The zero-order valence-corrected chi connectivity index (χ0v) is 13.6. The summed E-state index contributed by atoms with van der Waals surface area (Å²) >= 11 is 0. The second kappa shape index (κ2) is 4.93. The molecule has 5 rings (SSSR count). The van der Waals surface area contributed by atoms with Crippen LogP contribution in [0, 0.1) is 5.92 Å². The highest BCUT2D eigenvalue weighted by molar-refractivity contribution is 6.13. The number of aromatic amines is 1. The monoisotopic (exact) mass is 329 g/mol. The van der Waals surface area contributed by atoms with E-state index in [1.165, 1.54) is 0 Å². The van der Waals surface area contributed by atoms with E-state index in [4.69, 9.17) is 4.74 Å². The number of rotatable bonds is 0. The van der Waals surface area contributed by atoms with E-state index in [9.17, 15) is 9.59 Å². The minimum atomic E-state index is -0.214. The lowest BCUT2D eigenvalue weighted by atomic mass is 9.93. The summed E-state index contributed by atoms with van der Waals surface area (Å²) in [4.78, 5) is 29.0. The number of carbonyl (C=O) groups excluding carboxylic acids is 1. The highest BCUT2D eigenvalue weighted by Gasteiger charge is 2.28. The maximum Gasteiger partial charge on any atom is 0.197 e. The van der Waals surface area contributed by atoms with Crippen molar-refractivity contribution in [2.45, 2.75) is 6.92 Å². The number of fused-ring (bicyclic) bond motifs is 5. The lowest BCUT2D eigenvalue weighted by molar-refractivity contribution is 0.0851. The fourth-order valence-electron chi connectivity index (χ4n) is 3.62. The topological polar surface area (TPSA) is 59.2 Å². The van der Waals surface area contributed by atoms with Gasteiger partial charge in [0.1, 0.15) is 5.75 Å². The van der Waals surface area contributed by atoms with Crippen LogP contribution in [0.2, 0.25) is 0 Å².